The number of hydrogen-bond acceptors (Lipinski definition) is 1. The highest BCUT2D eigenvalue weighted by molar-refractivity contribution is 6.42. The SMILES string of the molecule is CC(C)(C)NC(=O)C1(c2ccc(Cl)c(Cl)c2)CC1. The van der Waals surface area contributed by atoms with E-state index in [1.165, 1.54) is 0 Å². The zero-order chi connectivity index (χ0) is 13.6. The van der Waals surface area contributed by atoms with Gasteiger partial charge in [0.25, 0.3) is 0 Å². The molecule has 1 aromatic rings. The Bertz CT molecular complexity index is 487. The Labute approximate surface area is 118 Å². The van der Waals surface area contributed by atoms with Gasteiger partial charge in [0.15, 0.2) is 0 Å². The number of rotatable bonds is 2. The molecule has 2 rings (SSSR count). The lowest BCUT2D eigenvalue weighted by Crippen LogP contribution is -2.46. The van der Waals surface area contributed by atoms with Crippen molar-refractivity contribution in [3.63, 3.8) is 0 Å². The fraction of sp³-hybridized carbons (Fsp3) is 0.500. The lowest BCUT2D eigenvalue weighted by Gasteiger charge is -2.25. The molecule has 1 aliphatic carbocycles. The summed E-state index contributed by atoms with van der Waals surface area (Å²) in [7, 11) is 0. The fourth-order valence-electron chi connectivity index (χ4n) is 2.03. The van der Waals surface area contributed by atoms with Crippen molar-refractivity contribution < 1.29 is 4.79 Å². The second-order valence-electron chi connectivity index (χ2n) is 5.92. The van der Waals surface area contributed by atoms with Gasteiger partial charge in [0, 0.05) is 5.54 Å². The van der Waals surface area contributed by atoms with E-state index in [9.17, 15) is 4.79 Å². The summed E-state index contributed by atoms with van der Waals surface area (Å²) in [5, 5.41) is 4.06. The summed E-state index contributed by atoms with van der Waals surface area (Å²) in [6.45, 7) is 5.95. The van der Waals surface area contributed by atoms with Crippen LogP contribution in [0.2, 0.25) is 10.0 Å². The first kappa shape index (κ1) is 13.7. The van der Waals surface area contributed by atoms with Crippen LogP contribution < -0.4 is 5.32 Å². The molecule has 0 unspecified atom stereocenters. The molecule has 0 radical (unpaired) electrons. The Morgan fingerprint density at radius 3 is 2.28 bits per heavy atom. The maximum atomic E-state index is 12.4. The molecule has 1 fully saturated rings. The number of benzene rings is 1. The molecule has 0 atom stereocenters. The zero-order valence-electron chi connectivity index (χ0n) is 10.8. The average Bonchev–Trinajstić information content (AvgIpc) is 3.00. The predicted octanol–water partition coefficient (Wildman–Crippen LogP) is 3.94. The van der Waals surface area contributed by atoms with Crippen LogP contribution in [0.25, 0.3) is 0 Å². The molecule has 1 saturated carbocycles. The monoisotopic (exact) mass is 285 g/mol. The van der Waals surface area contributed by atoms with Gasteiger partial charge in [-0.25, -0.2) is 0 Å². The molecule has 0 aliphatic heterocycles. The summed E-state index contributed by atoms with van der Waals surface area (Å²) in [4.78, 5) is 12.4. The van der Waals surface area contributed by atoms with Crippen LogP contribution in [0.4, 0.5) is 0 Å². The lowest BCUT2D eigenvalue weighted by atomic mass is 9.93. The minimum absolute atomic E-state index is 0.0772. The molecule has 1 N–H and O–H groups in total. The van der Waals surface area contributed by atoms with Gasteiger partial charge in [0.05, 0.1) is 15.5 Å². The van der Waals surface area contributed by atoms with Gasteiger partial charge < -0.3 is 5.32 Å². The molecule has 0 heterocycles. The summed E-state index contributed by atoms with van der Waals surface area (Å²) in [6, 6.07) is 5.45. The third-order valence-corrected chi connectivity index (χ3v) is 3.88. The molecule has 0 saturated heterocycles. The topological polar surface area (TPSA) is 29.1 Å². The van der Waals surface area contributed by atoms with Gasteiger partial charge in [0.1, 0.15) is 0 Å². The van der Waals surface area contributed by atoms with Gasteiger partial charge >= 0.3 is 0 Å². The molecule has 0 bridgehead atoms. The minimum atomic E-state index is -0.401. The molecule has 1 aliphatic rings. The van der Waals surface area contributed by atoms with E-state index in [2.05, 4.69) is 5.32 Å². The summed E-state index contributed by atoms with van der Waals surface area (Å²) < 4.78 is 0. The molecular formula is C14H17Cl2NO. The number of carbonyl (C=O) groups excluding carboxylic acids is 1. The molecule has 4 heteroatoms. The minimum Gasteiger partial charge on any atom is -0.351 e. The van der Waals surface area contributed by atoms with Crippen LogP contribution in [0, 0.1) is 0 Å². The average molecular weight is 286 g/mol. The number of nitrogens with one attached hydrogen (secondary N) is 1. The van der Waals surface area contributed by atoms with Crippen molar-refractivity contribution in [2.24, 2.45) is 0 Å². The highest BCUT2D eigenvalue weighted by Gasteiger charge is 2.52. The molecule has 1 aromatic carbocycles. The molecule has 0 aromatic heterocycles. The van der Waals surface area contributed by atoms with E-state index in [1.54, 1.807) is 12.1 Å². The first-order valence-corrected chi connectivity index (χ1v) is 6.78. The Kier molecular flexibility index (Phi) is 3.37. The van der Waals surface area contributed by atoms with Crippen molar-refractivity contribution in [2.75, 3.05) is 0 Å². The third kappa shape index (κ3) is 2.65. The molecule has 18 heavy (non-hydrogen) atoms. The Balaban J connectivity index is 2.26. The van der Waals surface area contributed by atoms with Crippen LogP contribution in [0.3, 0.4) is 0 Å². The maximum Gasteiger partial charge on any atom is 0.231 e. The van der Waals surface area contributed by atoms with E-state index in [4.69, 9.17) is 23.2 Å². The van der Waals surface area contributed by atoms with Crippen LogP contribution in [-0.2, 0) is 10.2 Å². The van der Waals surface area contributed by atoms with Gasteiger partial charge in [-0.15, -0.1) is 0 Å². The van der Waals surface area contributed by atoms with Crippen LogP contribution in [0.5, 0.6) is 0 Å². The van der Waals surface area contributed by atoms with E-state index in [0.29, 0.717) is 10.0 Å². The summed E-state index contributed by atoms with van der Waals surface area (Å²) >= 11 is 11.9. The third-order valence-electron chi connectivity index (χ3n) is 3.15. The summed E-state index contributed by atoms with van der Waals surface area (Å²) in [5.74, 6) is 0.0772. The number of hydrogen-bond donors (Lipinski definition) is 1. The zero-order valence-corrected chi connectivity index (χ0v) is 12.3. The second-order valence-corrected chi connectivity index (χ2v) is 6.73. The number of amides is 1. The largest absolute Gasteiger partial charge is 0.351 e. The first-order valence-electron chi connectivity index (χ1n) is 6.03. The standard InChI is InChI=1S/C14H17Cl2NO/c1-13(2,3)17-12(18)14(6-7-14)9-4-5-10(15)11(16)8-9/h4-5,8H,6-7H2,1-3H3,(H,17,18). The van der Waals surface area contributed by atoms with Gasteiger partial charge in [-0.3, -0.25) is 4.79 Å². The van der Waals surface area contributed by atoms with Crippen LogP contribution >= 0.6 is 23.2 Å². The van der Waals surface area contributed by atoms with Gasteiger partial charge in [-0.05, 0) is 51.3 Å². The van der Waals surface area contributed by atoms with Crippen molar-refractivity contribution >= 4 is 29.1 Å². The normalized spacial score (nSPS) is 17.4. The molecule has 2 nitrogen and oxygen atoms in total. The first-order chi connectivity index (χ1) is 8.24. The van der Waals surface area contributed by atoms with Crippen LogP contribution in [0.1, 0.15) is 39.2 Å². The van der Waals surface area contributed by atoms with Crippen molar-refractivity contribution in [2.45, 2.75) is 44.6 Å². The van der Waals surface area contributed by atoms with E-state index in [1.807, 2.05) is 26.8 Å². The van der Waals surface area contributed by atoms with Gasteiger partial charge in [-0.1, -0.05) is 29.3 Å². The van der Waals surface area contributed by atoms with Crippen molar-refractivity contribution in [3.05, 3.63) is 33.8 Å². The van der Waals surface area contributed by atoms with Crippen LogP contribution in [0.15, 0.2) is 18.2 Å². The Morgan fingerprint density at radius 1 is 1.22 bits per heavy atom. The Hall–Kier alpha value is -0.730. The lowest BCUT2D eigenvalue weighted by molar-refractivity contribution is -0.125. The molecule has 1 amide bonds. The number of halogens is 2. The number of carbonyl (C=O) groups is 1. The molecular weight excluding hydrogens is 269 g/mol. The van der Waals surface area contributed by atoms with Crippen LogP contribution in [-0.4, -0.2) is 11.4 Å². The summed E-state index contributed by atoms with van der Waals surface area (Å²) in [6.07, 6.45) is 1.74. The van der Waals surface area contributed by atoms with Gasteiger partial charge in [0.2, 0.25) is 5.91 Å². The van der Waals surface area contributed by atoms with Crippen molar-refractivity contribution in [3.8, 4) is 0 Å². The second kappa shape index (κ2) is 4.43. The highest BCUT2D eigenvalue weighted by Crippen LogP contribution is 2.49. The van der Waals surface area contributed by atoms with Crippen molar-refractivity contribution in [1.82, 2.24) is 5.32 Å². The predicted molar refractivity (Wildman–Crippen MR) is 75.3 cm³/mol. The fourth-order valence-corrected chi connectivity index (χ4v) is 2.32. The van der Waals surface area contributed by atoms with E-state index in [0.717, 1.165) is 18.4 Å². The smallest absolute Gasteiger partial charge is 0.231 e. The Morgan fingerprint density at radius 2 is 1.83 bits per heavy atom. The van der Waals surface area contributed by atoms with Crippen molar-refractivity contribution in [1.29, 1.82) is 0 Å². The van der Waals surface area contributed by atoms with Gasteiger partial charge in [-0.2, -0.15) is 0 Å². The molecule has 0 spiro atoms. The maximum absolute atomic E-state index is 12.4. The van der Waals surface area contributed by atoms with E-state index < -0.39 is 5.41 Å². The van der Waals surface area contributed by atoms with E-state index >= 15 is 0 Å². The van der Waals surface area contributed by atoms with E-state index in [-0.39, 0.29) is 11.4 Å². The molecule has 98 valence electrons. The summed E-state index contributed by atoms with van der Waals surface area (Å²) in [5.41, 5.74) is 0.336. The highest BCUT2D eigenvalue weighted by atomic mass is 35.5. The quantitative estimate of drug-likeness (QED) is 0.876.